The molecule has 0 spiro atoms. The van der Waals surface area contributed by atoms with Gasteiger partial charge in [-0.05, 0) is 49.9 Å². The quantitative estimate of drug-likeness (QED) is 0.469. The predicted octanol–water partition coefficient (Wildman–Crippen LogP) is 4.81. The Morgan fingerprint density at radius 1 is 1.10 bits per heavy atom. The number of nitriles is 1. The molecule has 8 nitrogen and oxygen atoms in total. The van der Waals surface area contributed by atoms with Crippen LogP contribution in [-0.4, -0.2) is 51.2 Å². The fraction of sp³-hybridized carbons (Fsp3) is 0.500. The fourth-order valence-corrected chi connectivity index (χ4v) is 5.87. The Balaban J connectivity index is 1.55. The lowest BCUT2D eigenvalue weighted by Crippen LogP contribution is -2.59. The van der Waals surface area contributed by atoms with Gasteiger partial charge in [0.2, 0.25) is 0 Å². The summed E-state index contributed by atoms with van der Waals surface area (Å²) in [4.78, 5) is 26.3. The Bertz CT molecular complexity index is 1480. The van der Waals surface area contributed by atoms with E-state index in [0.717, 1.165) is 43.4 Å². The molecule has 1 unspecified atom stereocenters. The minimum atomic E-state index is -4.44. The van der Waals surface area contributed by atoms with Crippen molar-refractivity contribution in [2.24, 2.45) is 7.05 Å². The van der Waals surface area contributed by atoms with Gasteiger partial charge in [-0.3, -0.25) is 9.47 Å². The van der Waals surface area contributed by atoms with E-state index in [1.54, 1.807) is 25.2 Å². The molecule has 4 heterocycles. The lowest BCUT2D eigenvalue weighted by molar-refractivity contribution is -0.137. The van der Waals surface area contributed by atoms with Crippen molar-refractivity contribution in [2.75, 3.05) is 24.6 Å². The van der Waals surface area contributed by atoms with E-state index in [1.807, 2.05) is 0 Å². The van der Waals surface area contributed by atoms with Crippen LogP contribution in [0.25, 0.3) is 11.0 Å². The Hall–Kier alpha value is -3.65. The molecule has 0 N–H and O–H groups in total. The molecule has 0 bridgehead atoms. The van der Waals surface area contributed by atoms with Crippen LogP contribution < -0.4 is 15.3 Å². The first-order valence-corrected chi connectivity index (χ1v) is 13.3. The van der Waals surface area contributed by atoms with E-state index in [2.05, 4.69) is 39.7 Å². The summed E-state index contributed by atoms with van der Waals surface area (Å²) in [6.07, 6.45) is -1.39. The van der Waals surface area contributed by atoms with Gasteiger partial charge in [-0.1, -0.05) is 19.9 Å². The number of aromatic nitrogens is 3. The Morgan fingerprint density at radius 2 is 1.87 bits per heavy atom. The van der Waals surface area contributed by atoms with E-state index < -0.39 is 17.4 Å². The van der Waals surface area contributed by atoms with E-state index in [1.165, 1.54) is 4.57 Å². The van der Waals surface area contributed by atoms with Gasteiger partial charge in [0.05, 0.1) is 17.7 Å². The van der Waals surface area contributed by atoms with E-state index in [4.69, 9.17) is 4.74 Å². The van der Waals surface area contributed by atoms with E-state index in [-0.39, 0.29) is 23.8 Å². The lowest BCUT2D eigenvalue weighted by Gasteiger charge is -2.49. The van der Waals surface area contributed by atoms with Gasteiger partial charge in [0.1, 0.15) is 23.0 Å². The zero-order valence-corrected chi connectivity index (χ0v) is 22.2. The first-order valence-electron chi connectivity index (χ1n) is 13.3. The molecule has 0 amide bonds. The smallest absolute Gasteiger partial charge is 0.416 e. The van der Waals surface area contributed by atoms with Gasteiger partial charge in [-0.15, -0.1) is 0 Å². The lowest BCUT2D eigenvalue weighted by atomic mass is 9.93. The number of aryl methyl sites for hydroxylation is 1. The van der Waals surface area contributed by atoms with Crippen LogP contribution in [0.4, 0.5) is 19.0 Å². The summed E-state index contributed by atoms with van der Waals surface area (Å²) in [5.74, 6) is 0.764. The van der Waals surface area contributed by atoms with Crippen molar-refractivity contribution >= 4 is 16.9 Å². The third kappa shape index (κ3) is 4.93. The maximum atomic E-state index is 13.4. The van der Waals surface area contributed by atoms with Gasteiger partial charge in [0.25, 0.3) is 0 Å². The predicted molar refractivity (Wildman–Crippen MR) is 141 cm³/mol. The average Bonchev–Trinajstić information content (AvgIpc) is 3.15. The molecule has 2 aliphatic rings. The van der Waals surface area contributed by atoms with Gasteiger partial charge in [-0.25, -0.2) is 9.78 Å². The summed E-state index contributed by atoms with van der Waals surface area (Å²) in [7, 11) is 1.63. The maximum absolute atomic E-state index is 13.4. The Labute approximate surface area is 224 Å². The van der Waals surface area contributed by atoms with Crippen molar-refractivity contribution in [1.29, 1.82) is 5.26 Å². The van der Waals surface area contributed by atoms with Gasteiger partial charge in [0, 0.05) is 43.8 Å². The van der Waals surface area contributed by atoms with Crippen molar-refractivity contribution < 1.29 is 17.9 Å². The minimum absolute atomic E-state index is 0.0229. The number of nitrogens with zero attached hydrogens (tertiary/aromatic N) is 6. The van der Waals surface area contributed by atoms with Crippen LogP contribution in [0.5, 0.6) is 5.75 Å². The third-order valence-corrected chi connectivity index (χ3v) is 7.98. The minimum Gasteiger partial charge on any atom is -0.493 e. The molecule has 1 aromatic carbocycles. The fourth-order valence-electron chi connectivity index (χ4n) is 5.87. The number of alkyl halides is 3. The van der Waals surface area contributed by atoms with Crippen molar-refractivity contribution in [3.8, 4) is 11.8 Å². The summed E-state index contributed by atoms with van der Waals surface area (Å²) in [5.41, 5.74) is 1.02. The molecule has 1 fully saturated rings. The molecule has 206 valence electrons. The normalized spacial score (nSPS) is 22.2. The molecule has 3 aromatic rings. The zero-order valence-electron chi connectivity index (χ0n) is 22.2. The number of halogens is 3. The maximum Gasteiger partial charge on any atom is 0.416 e. The second-order valence-corrected chi connectivity index (χ2v) is 10.2. The van der Waals surface area contributed by atoms with Gasteiger partial charge in [-0.2, -0.15) is 23.4 Å². The molecular formula is C28H31F3N6O2. The third-order valence-electron chi connectivity index (χ3n) is 7.98. The number of benzene rings is 1. The molecule has 0 aliphatic carbocycles. The summed E-state index contributed by atoms with van der Waals surface area (Å²) in [6.45, 7) is 5.73. The van der Waals surface area contributed by atoms with Crippen molar-refractivity contribution in [3.63, 3.8) is 0 Å². The number of fused-ring (bicyclic) bond motifs is 2. The Morgan fingerprint density at radius 3 is 2.56 bits per heavy atom. The Kier molecular flexibility index (Phi) is 7.25. The van der Waals surface area contributed by atoms with Crippen LogP contribution in [0.3, 0.4) is 0 Å². The molecular weight excluding hydrogens is 509 g/mol. The number of hydrogen-bond donors (Lipinski definition) is 0. The first kappa shape index (κ1) is 26.9. The number of rotatable bonds is 4. The average molecular weight is 541 g/mol. The molecule has 2 aliphatic heterocycles. The second-order valence-electron chi connectivity index (χ2n) is 10.2. The topological polar surface area (TPSA) is 87.3 Å². The number of hydrogen-bond acceptors (Lipinski definition) is 7. The van der Waals surface area contributed by atoms with E-state index >= 15 is 0 Å². The highest BCUT2D eigenvalue weighted by Crippen LogP contribution is 2.42. The standard InChI is InChI=1S/C28H31F3N6O2/c1-4-19-16-37(26-25-23(35(3)27(38)34-26)11-9-18(14-32)33-25)20(5-2)15-36(19)22-7-6-12-39-24-13-17(28(29,30)31)8-10-21(22)24/h8-11,13,19-20,22H,4-7,12,15-16H2,1-3H3/t19-,20+,22?/m1/s1. The summed E-state index contributed by atoms with van der Waals surface area (Å²) in [6, 6.07) is 9.14. The summed E-state index contributed by atoms with van der Waals surface area (Å²) < 4.78 is 47.5. The molecule has 0 saturated carbocycles. The number of ether oxygens (including phenoxy) is 1. The first-order chi connectivity index (χ1) is 18.7. The molecule has 0 radical (unpaired) electrons. The van der Waals surface area contributed by atoms with Crippen molar-refractivity contribution in [2.45, 2.75) is 63.8 Å². The van der Waals surface area contributed by atoms with Crippen molar-refractivity contribution in [3.05, 3.63) is 57.6 Å². The van der Waals surface area contributed by atoms with E-state index in [0.29, 0.717) is 42.3 Å². The highest BCUT2D eigenvalue weighted by molar-refractivity contribution is 5.86. The van der Waals surface area contributed by atoms with Crippen LogP contribution in [0.15, 0.2) is 35.1 Å². The zero-order chi connectivity index (χ0) is 27.9. The highest BCUT2D eigenvalue weighted by atomic mass is 19.4. The molecule has 5 rings (SSSR count). The van der Waals surface area contributed by atoms with E-state index in [9.17, 15) is 23.2 Å². The van der Waals surface area contributed by atoms with Gasteiger partial charge in [0.15, 0.2) is 5.82 Å². The van der Waals surface area contributed by atoms with Gasteiger partial charge < -0.3 is 9.64 Å². The second kappa shape index (κ2) is 10.5. The molecule has 11 heteroatoms. The number of piperazine rings is 1. The van der Waals surface area contributed by atoms with Gasteiger partial charge >= 0.3 is 11.9 Å². The molecule has 2 aromatic heterocycles. The SMILES string of the molecule is CC[C@H]1CN(C2CCCOc3cc(C(F)(F)F)ccc32)[C@H](CC)CN1c1nc(=O)n(C)c2ccc(C#N)nc12. The number of anilines is 1. The van der Waals surface area contributed by atoms with Crippen LogP contribution in [-0.2, 0) is 13.2 Å². The van der Waals surface area contributed by atoms with Crippen LogP contribution in [0.1, 0.15) is 62.4 Å². The molecule has 39 heavy (non-hydrogen) atoms. The summed E-state index contributed by atoms with van der Waals surface area (Å²) >= 11 is 0. The monoisotopic (exact) mass is 540 g/mol. The highest BCUT2D eigenvalue weighted by Gasteiger charge is 2.40. The summed E-state index contributed by atoms with van der Waals surface area (Å²) in [5, 5.41) is 9.45. The van der Waals surface area contributed by atoms with Crippen molar-refractivity contribution in [1.82, 2.24) is 19.4 Å². The van der Waals surface area contributed by atoms with Crippen LogP contribution >= 0.6 is 0 Å². The number of pyridine rings is 1. The van der Waals surface area contributed by atoms with Crippen LogP contribution in [0.2, 0.25) is 0 Å². The largest absolute Gasteiger partial charge is 0.493 e. The molecule has 3 atom stereocenters. The molecule has 1 saturated heterocycles. The van der Waals surface area contributed by atoms with Crippen LogP contribution in [0, 0.1) is 11.3 Å².